The van der Waals surface area contributed by atoms with Crippen LogP contribution in [0.3, 0.4) is 0 Å². The Hall–Kier alpha value is -1.53. The highest BCUT2D eigenvalue weighted by Crippen LogP contribution is 2.05. The van der Waals surface area contributed by atoms with Crippen LogP contribution in [-0.2, 0) is 4.74 Å². The fourth-order valence-electron chi connectivity index (χ4n) is 0.897. The Morgan fingerprint density at radius 2 is 2.25 bits per heavy atom. The van der Waals surface area contributed by atoms with Crippen molar-refractivity contribution in [1.29, 1.82) is 0 Å². The third-order valence-corrected chi connectivity index (χ3v) is 1.46. The summed E-state index contributed by atoms with van der Waals surface area (Å²) in [5.41, 5.74) is 1.94. The Labute approximate surface area is 72.1 Å². The van der Waals surface area contributed by atoms with E-state index in [1.165, 1.54) is 7.11 Å². The normalized spacial score (nSPS) is 10.7. The molecule has 0 bridgehead atoms. The second-order valence-corrected chi connectivity index (χ2v) is 2.50. The molecule has 0 unspecified atom stereocenters. The number of aliphatic hydroxyl groups is 1. The van der Waals surface area contributed by atoms with E-state index in [9.17, 15) is 0 Å². The van der Waals surface area contributed by atoms with Gasteiger partial charge in [-0.25, -0.2) is 0 Å². The average Bonchev–Trinajstić information content (AvgIpc) is 2.04. The van der Waals surface area contributed by atoms with Crippen molar-refractivity contribution in [3.63, 3.8) is 0 Å². The van der Waals surface area contributed by atoms with Gasteiger partial charge in [0.05, 0.1) is 19.2 Å². The number of benzene rings is 1. The quantitative estimate of drug-likeness (QED) is 0.535. The van der Waals surface area contributed by atoms with Crippen molar-refractivity contribution >= 4 is 0 Å². The zero-order valence-electron chi connectivity index (χ0n) is 7.16. The number of methoxy groups -OCH3 is 1. The summed E-state index contributed by atoms with van der Waals surface area (Å²) in [7, 11) is 1.40. The molecule has 1 N–H and O–H groups in total. The molecule has 62 valence electrons. The fourth-order valence-corrected chi connectivity index (χ4v) is 0.897. The molecule has 1 aromatic rings. The van der Waals surface area contributed by atoms with Gasteiger partial charge in [-0.05, 0) is 19.1 Å². The maximum atomic E-state index is 8.99. The van der Waals surface area contributed by atoms with Gasteiger partial charge in [-0.1, -0.05) is 0 Å². The summed E-state index contributed by atoms with van der Waals surface area (Å²) in [6.07, 6.45) is 2.68. The zero-order chi connectivity index (χ0) is 8.97. The topological polar surface area (TPSA) is 29.5 Å². The van der Waals surface area contributed by atoms with E-state index >= 15 is 0 Å². The van der Waals surface area contributed by atoms with Gasteiger partial charge in [0.2, 0.25) is 0 Å². The van der Waals surface area contributed by atoms with Crippen molar-refractivity contribution in [2.75, 3.05) is 7.11 Å². The molecule has 0 fully saturated rings. The molecular weight excluding hydrogens is 152 g/mol. The first-order valence-corrected chi connectivity index (χ1v) is 3.66. The van der Waals surface area contributed by atoms with E-state index in [0.717, 1.165) is 11.1 Å². The molecule has 2 nitrogen and oxygen atoms in total. The number of aliphatic hydroxyl groups excluding tert-OH is 1. The molecule has 0 atom stereocenters. The number of hydrogen-bond donors (Lipinski definition) is 1. The van der Waals surface area contributed by atoms with Crippen molar-refractivity contribution < 1.29 is 9.84 Å². The summed E-state index contributed by atoms with van der Waals surface area (Å²) in [5.74, 6) is -0.194. The molecule has 0 saturated carbocycles. The summed E-state index contributed by atoms with van der Waals surface area (Å²) in [6.45, 7) is 1.98. The van der Waals surface area contributed by atoms with E-state index < -0.39 is 0 Å². The lowest BCUT2D eigenvalue weighted by Gasteiger charge is -1.89. The van der Waals surface area contributed by atoms with Crippen LogP contribution in [0.15, 0.2) is 30.2 Å². The molecule has 0 saturated heterocycles. The summed E-state index contributed by atoms with van der Waals surface area (Å²) in [6, 6.07) is 7.65. The molecule has 0 aliphatic carbocycles. The first-order valence-electron chi connectivity index (χ1n) is 3.66. The van der Waals surface area contributed by atoms with Gasteiger partial charge in [0.15, 0.2) is 5.56 Å². The van der Waals surface area contributed by atoms with Crippen molar-refractivity contribution in [3.8, 4) is 0 Å². The van der Waals surface area contributed by atoms with E-state index in [2.05, 4.69) is 10.8 Å². The minimum atomic E-state index is -0.194. The smallest absolute Gasteiger partial charge is 0.400 e. The molecule has 0 aromatic heterocycles. The van der Waals surface area contributed by atoms with Gasteiger partial charge in [0.25, 0.3) is 0 Å². The van der Waals surface area contributed by atoms with Gasteiger partial charge in [-0.15, -0.1) is 0 Å². The van der Waals surface area contributed by atoms with Crippen LogP contribution >= 0.6 is 0 Å². The molecule has 0 aliphatic heterocycles. The van der Waals surface area contributed by atoms with Crippen LogP contribution in [0.4, 0.5) is 0 Å². The van der Waals surface area contributed by atoms with E-state index in [4.69, 9.17) is 5.11 Å². The van der Waals surface area contributed by atoms with Crippen LogP contribution in [-0.4, -0.2) is 12.2 Å². The predicted octanol–water partition coefficient (Wildman–Crippen LogP) is 2.19. The maximum Gasteiger partial charge on any atom is 0.400 e. The van der Waals surface area contributed by atoms with Gasteiger partial charge in [-0.2, -0.15) is 0 Å². The number of hydrogen-bond acceptors (Lipinski definition) is 2. The molecule has 0 aliphatic rings. The minimum Gasteiger partial charge on any atom is -0.464 e. The Morgan fingerprint density at radius 3 is 2.83 bits per heavy atom. The van der Waals surface area contributed by atoms with E-state index in [-0.39, 0.29) is 5.95 Å². The first kappa shape index (κ1) is 8.57. The van der Waals surface area contributed by atoms with Crippen LogP contribution in [0, 0.1) is 13.0 Å². The second-order valence-electron chi connectivity index (χ2n) is 2.50. The minimum absolute atomic E-state index is 0.194. The van der Waals surface area contributed by atoms with Gasteiger partial charge in [0, 0.05) is 5.56 Å². The highest BCUT2D eigenvalue weighted by Gasteiger charge is 2.03. The SMILES string of the molecule is COC(O)=[C+]c1cccc(C)c1. The Morgan fingerprint density at radius 1 is 1.50 bits per heavy atom. The van der Waals surface area contributed by atoms with Gasteiger partial charge in [0.1, 0.15) is 6.08 Å². The lowest BCUT2D eigenvalue weighted by atomic mass is 10.1. The van der Waals surface area contributed by atoms with Crippen LogP contribution in [0.25, 0.3) is 0 Å². The van der Waals surface area contributed by atoms with Gasteiger partial charge < -0.3 is 9.84 Å². The lowest BCUT2D eigenvalue weighted by molar-refractivity contribution is 0.134. The highest BCUT2D eigenvalue weighted by molar-refractivity contribution is 5.27. The number of aryl methyl sites for hydroxylation is 1. The number of ether oxygens (including phenoxy) is 1. The predicted molar refractivity (Wildman–Crippen MR) is 46.7 cm³/mol. The largest absolute Gasteiger partial charge is 0.464 e. The van der Waals surface area contributed by atoms with Crippen LogP contribution in [0.5, 0.6) is 0 Å². The maximum absolute atomic E-state index is 8.99. The third-order valence-electron chi connectivity index (χ3n) is 1.46. The zero-order valence-corrected chi connectivity index (χ0v) is 7.16. The Bertz CT molecular complexity index is 290. The molecular formula is C10H11O2+. The lowest BCUT2D eigenvalue weighted by Crippen LogP contribution is -1.85. The van der Waals surface area contributed by atoms with Crippen molar-refractivity contribution in [3.05, 3.63) is 47.4 Å². The molecule has 1 rings (SSSR count). The van der Waals surface area contributed by atoms with Crippen LogP contribution in [0.2, 0.25) is 0 Å². The third kappa shape index (κ3) is 2.26. The van der Waals surface area contributed by atoms with Gasteiger partial charge in [-0.3, -0.25) is 0 Å². The molecule has 0 amide bonds. The summed E-state index contributed by atoms with van der Waals surface area (Å²) in [4.78, 5) is 0. The summed E-state index contributed by atoms with van der Waals surface area (Å²) < 4.78 is 4.56. The molecule has 0 spiro atoms. The van der Waals surface area contributed by atoms with Crippen LogP contribution in [0.1, 0.15) is 11.1 Å². The molecule has 12 heavy (non-hydrogen) atoms. The van der Waals surface area contributed by atoms with Crippen molar-refractivity contribution in [1.82, 2.24) is 0 Å². The first-order chi connectivity index (χ1) is 5.72. The monoisotopic (exact) mass is 163 g/mol. The Kier molecular flexibility index (Phi) is 2.67. The van der Waals surface area contributed by atoms with Crippen molar-refractivity contribution in [2.45, 2.75) is 6.92 Å². The second kappa shape index (κ2) is 3.74. The van der Waals surface area contributed by atoms with Crippen LogP contribution < -0.4 is 0 Å². The number of rotatable bonds is 2. The summed E-state index contributed by atoms with van der Waals surface area (Å²) >= 11 is 0. The molecule has 0 radical (unpaired) electrons. The highest BCUT2D eigenvalue weighted by atomic mass is 16.6. The standard InChI is InChI=1S/C10H10O2/c1-8-4-3-5-9(6-8)7-10(11)12-2/h3-6H,1-2H3/p+1. The van der Waals surface area contributed by atoms with Crippen molar-refractivity contribution in [2.24, 2.45) is 0 Å². The van der Waals surface area contributed by atoms with E-state index in [1.807, 2.05) is 31.2 Å². The molecule has 1 aromatic carbocycles. The fraction of sp³-hybridized carbons (Fsp3) is 0.200. The van der Waals surface area contributed by atoms with E-state index in [1.54, 1.807) is 0 Å². The summed E-state index contributed by atoms with van der Waals surface area (Å²) in [5, 5.41) is 8.99. The Balaban J connectivity index is 2.89. The molecule has 0 heterocycles. The van der Waals surface area contributed by atoms with Gasteiger partial charge >= 0.3 is 5.95 Å². The van der Waals surface area contributed by atoms with E-state index in [0.29, 0.717) is 0 Å². The molecule has 2 heteroatoms. The average molecular weight is 163 g/mol.